The van der Waals surface area contributed by atoms with Crippen LogP contribution in [0.5, 0.6) is 0 Å². The molecule has 5 heteroatoms. The lowest BCUT2D eigenvalue weighted by atomic mass is 9.87. The second kappa shape index (κ2) is 4.93. The molecule has 3 heterocycles. The van der Waals surface area contributed by atoms with Gasteiger partial charge < -0.3 is 20.6 Å². The van der Waals surface area contributed by atoms with E-state index in [-0.39, 0.29) is 11.4 Å². The van der Waals surface area contributed by atoms with Crippen molar-refractivity contribution in [3.63, 3.8) is 0 Å². The first-order chi connectivity index (χ1) is 12.7. The summed E-state index contributed by atoms with van der Waals surface area (Å²) in [6.45, 7) is 8.33. The Hall–Kier alpha value is -2.79. The van der Waals surface area contributed by atoms with Gasteiger partial charge in [0.05, 0.1) is 16.8 Å². The fraction of sp³-hybridized carbons (Fsp3) is 0.318. The van der Waals surface area contributed by atoms with Crippen molar-refractivity contribution in [2.45, 2.75) is 45.1 Å². The summed E-state index contributed by atoms with van der Waals surface area (Å²) in [5, 5.41) is 18.1. The number of anilines is 2. The lowest BCUT2D eigenvalue weighted by Gasteiger charge is -2.46. The highest BCUT2D eigenvalue weighted by Crippen LogP contribution is 2.54. The molecular weight excluding hydrogens is 338 g/mol. The number of benzene rings is 2. The van der Waals surface area contributed by atoms with Crippen LogP contribution in [0.2, 0.25) is 0 Å². The summed E-state index contributed by atoms with van der Waals surface area (Å²) in [4.78, 5) is 14.9. The topological polar surface area (TPSA) is 64.6 Å². The quantitative estimate of drug-likeness (QED) is 0.673. The van der Waals surface area contributed by atoms with E-state index in [4.69, 9.17) is 0 Å². The molecule has 2 aromatic carbocycles. The van der Waals surface area contributed by atoms with Crippen LogP contribution < -0.4 is 15.5 Å². The van der Waals surface area contributed by atoms with E-state index in [2.05, 4.69) is 49.6 Å². The minimum absolute atomic E-state index is 0.180. The minimum atomic E-state index is -1.09. The number of hydrogen-bond acceptors (Lipinski definition) is 4. The highest BCUT2D eigenvalue weighted by Gasteiger charge is 2.58. The monoisotopic (exact) mass is 361 g/mol. The van der Waals surface area contributed by atoms with Gasteiger partial charge in [-0.3, -0.25) is 4.79 Å². The summed E-state index contributed by atoms with van der Waals surface area (Å²) in [5.74, 6) is -0.180. The molecule has 3 aliphatic rings. The molecule has 0 aromatic heterocycles. The van der Waals surface area contributed by atoms with Gasteiger partial charge in [-0.05, 0) is 63.1 Å². The first kappa shape index (κ1) is 16.4. The third kappa shape index (κ3) is 1.95. The number of nitrogens with zero attached hydrogens (tertiary/aromatic N) is 1. The average molecular weight is 361 g/mol. The van der Waals surface area contributed by atoms with E-state index in [0.29, 0.717) is 5.56 Å². The first-order valence-corrected chi connectivity index (χ1v) is 9.27. The number of aliphatic hydroxyl groups is 1. The second-order valence-electron chi connectivity index (χ2n) is 8.37. The number of fused-ring (bicyclic) bond motifs is 2. The van der Waals surface area contributed by atoms with Gasteiger partial charge in [-0.2, -0.15) is 0 Å². The number of nitrogens with one attached hydrogen (secondary N) is 2. The van der Waals surface area contributed by atoms with E-state index >= 15 is 0 Å². The molecule has 27 heavy (non-hydrogen) atoms. The number of amides is 1. The zero-order chi connectivity index (χ0) is 19.1. The largest absolute Gasteiger partial charge is 0.369 e. The zero-order valence-electron chi connectivity index (χ0n) is 15.9. The van der Waals surface area contributed by atoms with Gasteiger partial charge >= 0.3 is 0 Å². The molecule has 2 atom stereocenters. The predicted molar refractivity (Wildman–Crippen MR) is 107 cm³/mol. The van der Waals surface area contributed by atoms with Crippen LogP contribution in [0.15, 0.2) is 42.5 Å². The molecule has 5 rings (SSSR count). The Morgan fingerprint density at radius 1 is 1.07 bits per heavy atom. The summed E-state index contributed by atoms with van der Waals surface area (Å²) < 4.78 is 0. The molecule has 3 N–H and O–H groups in total. The maximum absolute atomic E-state index is 12.9. The van der Waals surface area contributed by atoms with Crippen LogP contribution in [-0.4, -0.2) is 22.8 Å². The molecule has 0 fully saturated rings. The number of aryl methyl sites for hydroxylation is 1. The SMILES string of the molecule is CC1=CC(C)(C)N2c3c1cc(C)cc3[C@]1(NC(=O)c3ccccc3N1)[C@H]2O. The summed E-state index contributed by atoms with van der Waals surface area (Å²) in [5.41, 5.74) is 5.14. The highest BCUT2D eigenvalue weighted by atomic mass is 16.3. The number of rotatable bonds is 0. The third-order valence-electron chi connectivity index (χ3n) is 5.98. The smallest absolute Gasteiger partial charge is 0.255 e. The van der Waals surface area contributed by atoms with Crippen LogP contribution >= 0.6 is 0 Å². The molecule has 0 saturated carbocycles. The van der Waals surface area contributed by atoms with Crippen LogP contribution in [0.1, 0.15) is 47.8 Å². The number of carbonyl (C=O) groups excluding carboxylic acids is 1. The molecule has 2 aromatic rings. The van der Waals surface area contributed by atoms with Gasteiger partial charge in [0.25, 0.3) is 5.91 Å². The normalized spacial score (nSPS) is 26.9. The third-order valence-corrected chi connectivity index (χ3v) is 5.98. The molecule has 0 radical (unpaired) electrons. The molecule has 138 valence electrons. The molecular formula is C22H23N3O2. The van der Waals surface area contributed by atoms with E-state index in [1.807, 2.05) is 30.0 Å². The Labute approximate surface area is 158 Å². The summed E-state index contributed by atoms with van der Waals surface area (Å²) in [7, 11) is 0. The Bertz CT molecular complexity index is 1040. The molecule has 0 aliphatic carbocycles. The maximum Gasteiger partial charge on any atom is 0.255 e. The van der Waals surface area contributed by atoms with Gasteiger partial charge in [0.1, 0.15) is 0 Å². The van der Waals surface area contributed by atoms with E-state index in [1.165, 1.54) is 5.57 Å². The highest BCUT2D eigenvalue weighted by molar-refractivity contribution is 6.03. The molecule has 1 spiro atoms. The molecule has 0 unspecified atom stereocenters. The molecule has 5 nitrogen and oxygen atoms in total. The number of aliphatic hydroxyl groups excluding tert-OH is 1. The molecule has 3 aliphatic heterocycles. The Morgan fingerprint density at radius 3 is 2.59 bits per heavy atom. The minimum Gasteiger partial charge on any atom is -0.369 e. The predicted octanol–water partition coefficient (Wildman–Crippen LogP) is 3.34. The first-order valence-electron chi connectivity index (χ1n) is 9.27. The average Bonchev–Trinajstić information content (AvgIpc) is 2.82. The van der Waals surface area contributed by atoms with Gasteiger partial charge in [-0.15, -0.1) is 0 Å². The van der Waals surface area contributed by atoms with Crippen molar-refractivity contribution in [1.82, 2.24) is 5.32 Å². The number of carbonyl (C=O) groups is 1. The fourth-order valence-electron chi connectivity index (χ4n) is 4.92. The molecule has 1 amide bonds. The van der Waals surface area contributed by atoms with Crippen molar-refractivity contribution in [2.75, 3.05) is 10.2 Å². The second-order valence-corrected chi connectivity index (χ2v) is 8.37. The Kier molecular flexibility index (Phi) is 2.99. The van der Waals surface area contributed by atoms with E-state index < -0.39 is 11.9 Å². The Balaban J connectivity index is 1.80. The van der Waals surface area contributed by atoms with Crippen LogP contribution in [0.25, 0.3) is 5.57 Å². The van der Waals surface area contributed by atoms with Crippen LogP contribution in [0, 0.1) is 6.92 Å². The van der Waals surface area contributed by atoms with Gasteiger partial charge in [0, 0.05) is 16.8 Å². The lowest BCUT2D eigenvalue weighted by Crippen LogP contribution is -2.65. The zero-order valence-corrected chi connectivity index (χ0v) is 15.9. The molecule has 0 saturated heterocycles. The van der Waals surface area contributed by atoms with E-state index in [9.17, 15) is 9.90 Å². The van der Waals surface area contributed by atoms with E-state index in [0.717, 1.165) is 28.1 Å². The maximum atomic E-state index is 12.9. The standard InChI is InChI=1S/C22H23N3O2/c1-12-9-15-13(2)11-21(3,4)25-18(15)16(10-12)22(20(25)27)23-17-8-6-5-7-14(17)19(26)24-22/h5-11,20,23,27H,1-4H3,(H,24,26)/t20-,22+/m1/s1. The number of hydrogen-bond donors (Lipinski definition) is 3. The van der Waals surface area contributed by atoms with Crippen molar-refractivity contribution in [2.24, 2.45) is 0 Å². The fourth-order valence-corrected chi connectivity index (χ4v) is 4.92. The number of allylic oxidation sites excluding steroid dienone is 1. The molecule has 0 bridgehead atoms. The van der Waals surface area contributed by atoms with Gasteiger partial charge in [-0.1, -0.05) is 18.2 Å². The van der Waals surface area contributed by atoms with Crippen molar-refractivity contribution in [3.05, 3.63) is 64.7 Å². The van der Waals surface area contributed by atoms with Crippen LogP contribution in [0.3, 0.4) is 0 Å². The van der Waals surface area contributed by atoms with Crippen molar-refractivity contribution >= 4 is 22.9 Å². The van der Waals surface area contributed by atoms with Gasteiger partial charge in [0.15, 0.2) is 11.9 Å². The van der Waals surface area contributed by atoms with Gasteiger partial charge in [-0.25, -0.2) is 0 Å². The van der Waals surface area contributed by atoms with Crippen LogP contribution in [-0.2, 0) is 5.66 Å². The van der Waals surface area contributed by atoms with Crippen molar-refractivity contribution in [3.8, 4) is 0 Å². The van der Waals surface area contributed by atoms with Crippen molar-refractivity contribution in [1.29, 1.82) is 0 Å². The summed E-state index contributed by atoms with van der Waals surface area (Å²) >= 11 is 0. The lowest BCUT2D eigenvalue weighted by molar-refractivity contribution is 0.0571. The summed E-state index contributed by atoms with van der Waals surface area (Å²) in [6, 6.07) is 11.6. The van der Waals surface area contributed by atoms with E-state index in [1.54, 1.807) is 6.07 Å². The van der Waals surface area contributed by atoms with Gasteiger partial charge in [0.2, 0.25) is 0 Å². The number of para-hydroxylation sites is 1. The summed E-state index contributed by atoms with van der Waals surface area (Å²) in [6.07, 6.45) is 1.24. The Morgan fingerprint density at radius 2 is 1.81 bits per heavy atom. The van der Waals surface area contributed by atoms with Crippen molar-refractivity contribution < 1.29 is 9.90 Å². The van der Waals surface area contributed by atoms with Crippen LogP contribution in [0.4, 0.5) is 11.4 Å².